The molecule has 33 heavy (non-hydrogen) atoms. The molecule has 1 atom stereocenters. The van der Waals surface area contributed by atoms with E-state index < -0.39 is 16.1 Å². The van der Waals surface area contributed by atoms with Crippen molar-refractivity contribution in [2.45, 2.75) is 46.2 Å². The van der Waals surface area contributed by atoms with E-state index in [1.165, 1.54) is 21.3 Å². The summed E-state index contributed by atoms with van der Waals surface area (Å²) in [5.41, 5.74) is 2.17. The van der Waals surface area contributed by atoms with Gasteiger partial charge in [-0.05, 0) is 62.6 Å². The number of rotatable bonds is 11. The Bertz CT molecular complexity index is 1060. The van der Waals surface area contributed by atoms with Gasteiger partial charge in [-0.15, -0.1) is 0 Å². The van der Waals surface area contributed by atoms with Crippen LogP contribution < -0.4 is 9.62 Å². The molecule has 2 amide bonds. The lowest BCUT2D eigenvalue weighted by Gasteiger charge is -2.29. The van der Waals surface area contributed by atoms with Gasteiger partial charge in [0.15, 0.2) is 0 Å². The molecule has 0 radical (unpaired) electrons. The summed E-state index contributed by atoms with van der Waals surface area (Å²) in [5, 5.41) is 2.72. The first-order valence-corrected chi connectivity index (χ1v) is 12.7. The molecule has 0 bridgehead atoms. The molecule has 2 rings (SSSR count). The van der Waals surface area contributed by atoms with Crippen LogP contribution in [0.1, 0.15) is 37.8 Å². The molecule has 1 N–H and O–H groups in total. The van der Waals surface area contributed by atoms with E-state index in [0.29, 0.717) is 17.8 Å². The van der Waals surface area contributed by atoms with Crippen LogP contribution in [0.3, 0.4) is 0 Å². The van der Waals surface area contributed by atoms with Gasteiger partial charge in [0.1, 0.15) is 11.9 Å². The Balaban J connectivity index is 2.14. The summed E-state index contributed by atoms with van der Waals surface area (Å²) in [7, 11) is -3.53. The Labute approximate surface area is 195 Å². The number of likely N-dealkylation sites (N-methyl/N-ethyl adjacent to an activating group) is 1. The second-order valence-corrected chi connectivity index (χ2v) is 9.90. The molecule has 0 fully saturated rings. The van der Waals surface area contributed by atoms with Crippen molar-refractivity contribution in [1.29, 1.82) is 0 Å². The largest absolute Gasteiger partial charge is 0.355 e. The lowest BCUT2D eigenvalue weighted by Crippen LogP contribution is -2.47. The number of anilines is 1. The fourth-order valence-electron chi connectivity index (χ4n) is 3.48. The Hall–Kier alpha value is -2.94. The topological polar surface area (TPSA) is 86.8 Å². The van der Waals surface area contributed by atoms with Crippen molar-refractivity contribution in [3.63, 3.8) is 0 Å². The van der Waals surface area contributed by atoms with Crippen LogP contribution in [0.4, 0.5) is 10.1 Å². The van der Waals surface area contributed by atoms with Gasteiger partial charge < -0.3 is 10.2 Å². The summed E-state index contributed by atoms with van der Waals surface area (Å²) >= 11 is 0. The standard InChI is InChI=1S/C24H32FN3O4S/c1-5-26-24(30)19(3)27(17-20-11-13-21(25)14-12-20)23(29)10-7-15-28(33(4,31)32)22-9-6-8-18(2)16-22/h6,8-9,11-14,16,19H,5,7,10,15,17H2,1-4H3,(H,26,30)/t19-/m1/s1. The number of benzene rings is 2. The minimum atomic E-state index is -3.53. The number of amides is 2. The number of carbonyl (C=O) groups excluding carboxylic acids is 2. The van der Waals surface area contributed by atoms with Crippen molar-refractivity contribution in [2.75, 3.05) is 23.7 Å². The number of nitrogens with zero attached hydrogens (tertiary/aromatic N) is 2. The summed E-state index contributed by atoms with van der Waals surface area (Å²) in [5.74, 6) is -0.952. The highest BCUT2D eigenvalue weighted by atomic mass is 32.2. The molecule has 7 nitrogen and oxygen atoms in total. The third kappa shape index (κ3) is 7.85. The maximum atomic E-state index is 13.3. The molecular weight excluding hydrogens is 445 g/mol. The first-order valence-electron chi connectivity index (χ1n) is 10.9. The van der Waals surface area contributed by atoms with E-state index in [0.717, 1.165) is 11.8 Å². The fraction of sp³-hybridized carbons (Fsp3) is 0.417. The van der Waals surface area contributed by atoms with Gasteiger partial charge in [-0.1, -0.05) is 24.3 Å². The summed E-state index contributed by atoms with van der Waals surface area (Å²) < 4.78 is 39.2. The van der Waals surface area contributed by atoms with Crippen molar-refractivity contribution in [2.24, 2.45) is 0 Å². The lowest BCUT2D eigenvalue weighted by atomic mass is 10.1. The van der Waals surface area contributed by atoms with E-state index in [-0.39, 0.29) is 43.6 Å². The second kappa shape index (κ2) is 11.8. The molecular formula is C24H32FN3O4S. The van der Waals surface area contributed by atoms with Crippen LogP contribution in [0.25, 0.3) is 0 Å². The molecule has 2 aromatic rings. The summed E-state index contributed by atoms with van der Waals surface area (Å²) in [4.78, 5) is 26.9. The van der Waals surface area contributed by atoms with E-state index in [2.05, 4.69) is 5.32 Å². The zero-order chi connectivity index (χ0) is 24.6. The molecule has 0 spiro atoms. The molecule has 0 aliphatic heterocycles. The monoisotopic (exact) mass is 477 g/mol. The zero-order valence-corrected chi connectivity index (χ0v) is 20.4. The lowest BCUT2D eigenvalue weighted by molar-refractivity contribution is -0.140. The molecule has 0 aliphatic rings. The van der Waals surface area contributed by atoms with Crippen LogP contribution in [0.5, 0.6) is 0 Å². The Morgan fingerprint density at radius 1 is 1.12 bits per heavy atom. The Kier molecular flexibility index (Phi) is 9.40. The molecule has 0 saturated carbocycles. The van der Waals surface area contributed by atoms with Crippen LogP contribution in [0.2, 0.25) is 0 Å². The smallest absolute Gasteiger partial charge is 0.242 e. The van der Waals surface area contributed by atoms with Gasteiger partial charge in [0.2, 0.25) is 21.8 Å². The summed E-state index contributed by atoms with van der Waals surface area (Å²) in [6.45, 7) is 6.02. The number of carbonyl (C=O) groups is 2. The van der Waals surface area contributed by atoms with Crippen LogP contribution in [-0.4, -0.2) is 50.5 Å². The number of aryl methyl sites for hydroxylation is 1. The molecule has 0 heterocycles. The van der Waals surface area contributed by atoms with Crippen LogP contribution in [0, 0.1) is 12.7 Å². The van der Waals surface area contributed by atoms with Crippen molar-refractivity contribution >= 4 is 27.5 Å². The van der Waals surface area contributed by atoms with Crippen LogP contribution in [0.15, 0.2) is 48.5 Å². The number of hydrogen-bond acceptors (Lipinski definition) is 4. The Morgan fingerprint density at radius 3 is 2.36 bits per heavy atom. The minimum absolute atomic E-state index is 0.0583. The molecule has 2 aromatic carbocycles. The van der Waals surface area contributed by atoms with E-state index in [1.807, 2.05) is 13.0 Å². The summed E-state index contributed by atoms with van der Waals surface area (Å²) in [6, 6.07) is 12.2. The maximum Gasteiger partial charge on any atom is 0.242 e. The highest BCUT2D eigenvalue weighted by Crippen LogP contribution is 2.20. The number of halogens is 1. The zero-order valence-electron chi connectivity index (χ0n) is 19.5. The number of sulfonamides is 1. The maximum absolute atomic E-state index is 13.3. The predicted molar refractivity (Wildman–Crippen MR) is 128 cm³/mol. The van der Waals surface area contributed by atoms with Crippen molar-refractivity contribution in [3.8, 4) is 0 Å². The van der Waals surface area contributed by atoms with Crippen LogP contribution >= 0.6 is 0 Å². The normalized spacial score (nSPS) is 12.2. The van der Waals surface area contributed by atoms with Gasteiger partial charge in [0.25, 0.3) is 0 Å². The van der Waals surface area contributed by atoms with Crippen molar-refractivity contribution in [3.05, 3.63) is 65.5 Å². The van der Waals surface area contributed by atoms with Gasteiger partial charge in [0.05, 0.1) is 11.9 Å². The molecule has 180 valence electrons. The van der Waals surface area contributed by atoms with Gasteiger partial charge in [-0.25, -0.2) is 12.8 Å². The molecule has 0 aliphatic carbocycles. The Morgan fingerprint density at radius 2 is 1.79 bits per heavy atom. The summed E-state index contributed by atoms with van der Waals surface area (Å²) in [6.07, 6.45) is 1.47. The predicted octanol–water partition coefficient (Wildman–Crippen LogP) is 3.23. The fourth-order valence-corrected chi connectivity index (χ4v) is 4.44. The van der Waals surface area contributed by atoms with E-state index in [9.17, 15) is 22.4 Å². The average Bonchev–Trinajstić information content (AvgIpc) is 2.75. The average molecular weight is 478 g/mol. The quantitative estimate of drug-likeness (QED) is 0.538. The number of nitrogens with one attached hydrogen (secondary N) is 1. The first-order chi connectivity index (χ1) is 15.5. The highest BCUT2D eigenvalue weighted by molar-refractivity contribution is 7.92. The molecule has 0 aromatic heterocycles. The number of hydrogen-bond donors (Lipinski definition) is 1. The van der Waals surface area contributed by atoms with Crippen molar-refractivity contribution in [1.82, 2.24) is 10.2 Å². The van der Waals surface area contributed by atoms with Crippen molar-refractivity contribution < 1.29 is 22.4 Å². The first kappa shape index (κ1) is 26.3. The third-order valence-corrected chi connectivity index (χ3v) is 6.42. The highest BCUT2D eigenvalue weighted by Gasteiger charge is 2.26. The second-order valence-electron chi connectivity index (χ2n) is 8.00. The van der Waals surface area contributed by atoms with E-state index >= 15 is 0 Å². The van der Waals surface area contributed by atoms with E-state index in [4.69, 9.17) is 0 Å². The van der Waals surface area contributed by atoms with Gasteiger partial charge in [-0.2, -0.15) is 0 Å². The molecule has 0 unspecified atom stereocenters. The molecule has 0 saturated heterocycles. The van der Waals surface area contributed by atoms with Gasteiger partial charge >= 0.3 is 0 Å². The molecule has 9 heteroatoms. The van der Waals surface area contributed by atoms with Gasteiger partial charge in [0, 0.05) is 26.1 Å². The van der Waals surface area contributed by atoms with Crippen LogP contribution in [-0.2, 0) is 26.2 Å². The SMILES string of the molecule is CCNC(=O)[C@@H](C)N(Cc1ccc(F)cc1)C(=O)CCCN(c1cccc(C)c1)S(C)(=O)=O. The van der Waals surface area contributed by atoms with Gasteiger partial charge in [-0.3, -0.25) is 13.9 Å². The van der Waals surface area contributed by atoms with E-state index in [1.54, 1.807) is 44.2 Å². The third-order valence-electron chi connectivity index (χ3n) is 5.23. The minimum Gasteiger partial charge on any atom is -0.355 e.